The number of para-hydroxylation sites is 1. The molecule has 0 unspecified atom stereocenters. The monoisotopic (exact) mass is 392 g/mol. The lowest BCUT2D eigenvalue weighted by Gasteiger charge is -2.22. The van der Waals surface area contributed by atoms with Crippen molar-refractivity contribution in [3.8, 4) is 0 Å². The number of halogens is 1. The molecule has 1 heterocycles. The number of hydrogen-bond acceptors (Lipinski definition) is 7. The predicted octanol–water partition coefficient (Wildman–Crippen LogP) is 2.32. The molecule has 0 aliphatic carbocycles. The first kappa shape index (κ1) is 18.0. The third-order valence-electron chi connectivity index (χ3n) is 2.64. The summed E-state index contributed by atoms with van der Waals surface area (Å²) in [6, 6.07) is 6.42. The highest BCUT2D eigenvalue weighted by Crippen LogP contribution is 2.27. The lowest BCUT2D eigenvalue weighted by atomic mass is 10.3. The maximum Gasteiger partial charge on any atom is 0.246 e. The molecule has 11 heteroatoms. The smallest absolute Gasteiger partial charge is 0.246 e. The highest BCUT2D eigenvalue weighted by atomic mass is 35.5. The number of aromatic nitrogens is 2. The Kier molecular flexibility index (Phi) is 5.84. The van der Waals surface area contributed by atoms with Crippen molar-refractivity contribution in [2.75, 3.05) is 28.7 Å². The molecule has 0 bridgehead atoms. The number of anilines is 2. The van der Waals surface area contributed by atoms with Gasteiger partial charge in [0.15, 0.2) is 4.34 Å². The molecule has 1 amide bonds. The van der Waals surface area contributed by atoms with Crippen LogP contribution < -0.4 is 9.62 Å². The molecule has 0 aliphatic heterocycles. The first-order valence-corrected chi connectivity index (χ1v) is 10.5. The molecular weight excluding hydrogens is 380 g/mol. The van der Waals surface area contributed by atoms with Gasteiger partial charge in [0.1, 0.15) is 6.54 Å². The molecule has 0 aliphatic rings. The molecule has 124 valence electrons. The van der Waals surface area contributed by atoms with Crippen LogP contribution in [0.4, 0.5) is 10.8 Å². The van der Waals surface area contributed by atoms with Gasteiger partial charge in [-0.25, -0.2) is 8.42 Å². The average Bonchev–Trinajstić information content (AvgIpc) is 2.92. The Morgan fingerprint density at radius 2 is 2.09 bits per heavy atom. The van der Waals surface area contributed by atoms with Gasteiger partial charge in [0.2, 0.25) is 21.1 Å². The van der Waals surface area contributed by atoms with Crippen molar-refractivity contribution in [2.24, 2.45) is 0 Å². The zero-order chi connectivity index (χ0) is 17.0. The maximum atomic E-state index is 12.1. The van der Waals surface area contributed by atoms with E-state index in [-0.39, 0.29) is 10.7 Å². The Bertz CT molecular complexity index is 809. The van der Waals surface area contributed by atoms with Crippen molar-refractivity contribution in [2.45, 2.75) is 4.34 Å². The van der Waals surface area contributed by atoms with Crippen LogP contribution in [0.15, 0.2) is 28.6 Å². The summed E-state index contributed by atoms with van der Waals surface area (Å²) in [7, 11) is -3.68. The van der Waals surface area contributed by atoms with Crippen LogP contribution in [0, 0.1) is 0 Å². The second-order valence-electron chi connectivity index (χ2n) is 4.35. The van der Waals surface area contributed by atoms with Gasteiger partial charge in [-0.05, 0) is 18.4 Å². The Morgan fingerprint density at radius 3 is 2.65 bits per heavy atom. The topological polar surface area (TPSA) is 92.3 Å². The van der Waals surface area contributed by atoms with Gasteiger partial charge in [-0.3, -0.25) is 14.4 Å². The summed E-state index contributed by atoms with van der Waals surface area (Å²) in [5.41, 5.74) is 0.244. The third-order valence-corrected chi connectivity index (χ3v) is 5.90. The Hall–Kier alpha value is -1.36. The van der Waals surface area contributed by atoms with E-state index in [4.69, 9.17) is 11.6 Å². The van der Waals surface area contributed by atoms with E-state index in [1.165, 1.54) is 29.2 Å². The average molecular weight is 393 g/mol. The lowest BCUT2D eigenvalue weighted by molar-refractivity contribution is -0.114. The minimum Gasteiger partial charge on any atom is -0.299 e. The van der Waals surface area contributed by atoms with Gasteiger partial charge < -0.3 is 0 Å². The van der Waals surface area contributed by atoms with Crippen LogP contribution in [-0.4, -0.2) is 43.6 Å². The number of carbonyl (C=O) groups is 1. The van der Waals surface area contributed by atoms with E-state index in [0.29, 0.717) is 9.47 Å². The van der Waals surface area contributed by atoms with Gasteiger partial charge in [-0.2, -0.15) is 0 Å². The SMILES string of the molecule is CSc1nnc(NC(=O)CN(c2ccccc2Cl)S(C)(=O)=O)s1. The van der Waals surface area contributed by atoms with Crippen molar-refractivity contribution in [1.29, 1.82) is 0 Å². The van der Waals surface area contributed by atoms with Gasteiger partial charge >= 0.3 is 0 Å². The van der Waals surface area contributed by atoms with E-state index in [2.05, 4.69) is 15.5 Å². The van der Waals surface area contributed by atoms with Crippen molar-refractivity contribution < 1.29 is 13.2 Å². The van der Waals surface area contributed by atoms with Gasteiger partial charge in [-0.15, -0.1) is 10.2 Å². The summed E-state index contributed by atoms with van der Waals surface area (Å²) in [6.45, 7) is -0.406. The first-order valence-electron chi connectivity index (χ1n) is 6.21. The Labute approximate surface area is 147 Å². The molecule has 1 N–H and O–H groups in total. The maximum absolute atomic E-state index is 12.1. The normalized spacial score (nSPS) is 11.3. The number of nitrogens with zero attached hydrogens (tertiary/aromatic N) is 3. The molecule has 0 saturated carbocycles. The van der Waals surface area contributed by atoms with E-state index in [0.717, 1.165) is 10.6 Å². The minimum absolute atomic E-state index is 0.242. The first-order chi connectivity index (χ1) is 10.8. The van der Waals surface area contributed by atoms with Crippen LogP contribution in [0.1, 0.15) is 0 Å². The highest BCUT2D eigenvalue weighted by Gasteiger charge is 2.23. The van der Waals surface area contributed by atoms with E-state index < -0.39 is 22.5 Å². The van der Waals surface area contributed by atoms with E-state index in [1.54, 1.807) is 18.2 Å². The predicted molar refractivity (Wildman–Crippen MR) is 94.0 cm³/mol. The summed E-state index contributed by atoms with van der Waals surface area (Å²) in [6.07, 6.45) is 2.86. The molecule has 2 aromatic rings. The molecule has 1 aromatic heterocycles. The lowest BCUT2D eigenvalue weighted by Crippen LogP contribution is -2.37. The highest BCUT2D eigenvalue weighted by molar-refractivity contribution is 8.00. The summed E-state index contributed by atoms with van der Waals surface area (Å²) in [5, 5.41) is 10.7. The van der Waals surface area contributed by atoms with E-state index in [1.807, 2.05) is 6.26 Å². The number of hydrogen-bond donors (Lipinski definition) is 1. The van der Waals surface area contributed by atoms with Gasteiger partial charge in [0, 0.05) is 0 Å². The van der Waals surface area contributed by atoms with Crippen LogP contribution in [0.3, 0.4) is 0 Å². The molecular formula is C12H13ClN4O3S3. The van der Waals surface area contributed by atoms with E-state index in [9.17, 15) is 13.2 Å². The van der Waals surface area contributed by atoms with Crippen molar-refractivity contribution in [3.05, 3.63) is 29.3 Å². The van der Waals surface area contributed by atoms with Crippen LogP contribution in [0.25, 0.3) is 0 Å². The fourth-order valence-electron chi connectivity index (χ4n) is 1.67. The summed E-state index contributed by atoms with van der Waals surface area (Å²) in [5.74, 6) is -0.529. The number of sulfonamides is 1. The fourth-order valence-corrected chi connectivity index (χ4v) is 4.01. The number of thioether (sulfide) groups is 1. The molecule has 0 fully saturated rings. The molecule has 23 heavy (non-hydrogen) atoms. The van der Waals surface area contributed by atoms with Gasteiger partial charge in [0.05, 0.1) is 17.0 Å². The second-order valence-corrected chi connectivity index (χ2v) is 8.69. The largest absolute Gasteiger partial charge is 0.299 e. The quantitative estimate of drug-likeness (QED) is 0.599. The molecule has 0 spiro atoms. The molecule has 7 nitrogen and oxygen atoms in total. The molecule has 2 rings (SSSR count). The van der Waals surface area contributed by atoms with Crippen LogP contribution in [0.2, 0.25) is 5.02 Å². The number of nitrogens with one attached hydrogen (secondary N) is 1. The number of amides is 1. The molecule has 1 aromatic carbocycles. The Balaban J connectivity index is 2.18. The summed E-state index contributed by atoms with van der Waals surface area (Å²) >= 11 is 8.64. The van der Waals surface area contributed by atoms with Crippen molar-refractivity contribution in [3.63, 3.8) is 0 Å². The minimum atomic E-state index is -3.68. The summed E-state index contributed by atoms with van der Waals surface area (Å²) in [4.78, 5) is 12.1. The summed E-state index contributed by atoms with van der Waals surface area (Å²) < 4.78 is 25.6. The number of benzene rings is 1. The van der Waals surface area contributed by atoms with Gasteiger partial charge in [-0.1, -0.05) is 46.8 Å². The molecule has 0 radical (unpaired) electrons. The zero-order valence-electron chi connectivity index (χ0n) is 12.2. The van der Waals surface area contributed by atoms with E-state index >= 15 is 0 Å². The van der Waals surface area contributed by atoms with Crippen molar-refractivity contribution >= 4 is 61.4 Å². The zero-order valence-corrected chi connectivity index (χ0v) is 15.4. The fraction of sp³-hybridized carbons (Fsp3) is 0.250. The standard InChI is InChI=1S/C12H13ClN4O3S3/c1-21-12-16-15-11(22-12)14-10(18)7-17(23(2,19)20)9-6-4-3-5-8(9)13/h3-6H,7H2,1-2H3,(H,14,15,18). The molecule has 0 saturated heterocycles. The van der Waals surface area contributed by atoms with Crippen molar-refractivity contribution in [1.82, 2.24) is 10.2 Å². The number of carbonyl (C=O) groups excluding carboxylic acids is 1. The van der Waals surface area contributed by atoms with Crippen LogP contribution >= 0.6 is 34.7 Å². The number of rotatable bonds is 6. The van der Waals surface area contributed by atoms with Crippen LogP contribution in [0.5, 0.6) is 0 Å². The molecule has 0 atom stereocenters. The second kappa shape index (κ2) is 7.47. The van der Waals surface area contributed by atoms with Crippen LogP contribution in [-0.2, 0) is 14.8 Å². The Morgan fingerprint density at radius 1 is 1.39 bits per heavy atom. The van der Waals surface area contributed by atoms with Gasteiger partial charge in [0.25, 0.3) is 0 Å². The third kappa shape index (κ3) is 4.80.